The van der Waals surface area contributed by atoms with Crippen LogP contribution in [0, 0.1) is 29.4 Å². The van der Waals surface area contributed by atoms with Crippen LogP contribution in [-0.4, -0.2) is 11.9 Å². The third-order valence-corrected chi connectivity index (χ3v) is 4.97. The second-order valence-corrected chi connectivity index (χ2v) is 6.31. The lowest BCUT2D eigenvalue weighted by atomic mass is 9.65. The first-order valence-corrected chi connectivity index (χ1v) is 7.56. The van der Waals surface area contributed by atoms with Gasteiger partial charge in [0.25, 0.3) is 0 Å². The molecule has 6 heteroatoms. The molecule has 2 saturated carbocycles. The largest absolute Gasteiger partial charge is 0.327 e. The summed E-state index contributed by atoms with van der Waals surface area (Å²) in [5.74, 6) is -0.897. The van der Waals surface area contributed by atoms with Gasteiger partial charge in [-0.05, 0) is 49.7 Å². The molecular formula is C16H21ClF2N2O. The minimum absolute atomic E-state index is 0. The average molecular weight is 331 g/mol. The molecule has 1 amide bonds. The molecule has 1 aromatic rings. The van der Waals surface area contributed by atoms with Gasteiger partial charge in [-0.1, -0.05) is 6.42 Å². The smallest absolute Gasteiger partial charge is 0.227 e. The molecule has 2 bridgehead atoms. The number of rotatable bonds is 2. The zero-order valence-electron chi connectivity index (χ0n) is 12.2. The van der Waals surface area contributed by atoms with Crippen LogP contribution in [0.2, 0.25) is 0 Å². The molecule has 122 valence electrons. The first-order chi connectivity index (χ1) is 10.0. The van der Waals surface area contributed by atoms with Crippen molar-refractivity contribution < 1.29 is 13.6 Å². The zero-order valence-corrected chi connectivity index (χ0v) is 13.0. The Morgan fingerprint density at radius 2 is 1.82 bits per heavy atom. The molecule has 2 fully saturated rings. The van der Waals surface area contributed by atoms with E-state index < -0.39 is 11.6 Å². The SMILES string of the molecule is Cl.NC1C2CCCC1CC(C(=O)Nc1ccc(F)cc1F)C2. The van der Waals surface area contributed by atoms with Crippen LogP contribution in [0.5, 0.6) is 0 Å². The highest BCUT2D eigenvalue weighted by Crippen LogP contribution is 2.42. The predicted octanol–water partition coefficient (Wildman–Crippen LogP) is 3.48. The molecule has 2 unspecified atom stereocenters. The van der Waals surface area contributed by atoms with E-state index in [2.05, 4.69) is 5.32 Å². The number of hydrogen-bond donors (Lipinski definition) is 2. The summed E-state index contributed by atoms with van der Waals surface area (Å²) < 4.78 is 26.5. The van der Waals surface area contributed by atoms with Crippen LogP contribution < -0.4 is 11.1 Å². The fourth-order valence-corrected chi connectivity index (χ4v) is 3.83. The van der Waals surface area contributed by atoms with Crippen molar-refractivity contribution >= 4 is 24.0 Å². The minimum atomic E-state index is -0.740. The van der Waals surface area contributed by atoms with Crippen molar-refractivity contribution in [2.24, 2.45) is 23.5 Å². The molecular weight excluding hydrogens is 310 g/mol. The molecule has 3 nitrogen and oxygen atoms in total. The van der Waals surface area contributed by atoms with Crippen molar-refractivity contribution in [3.05, 3.63) is 29.8 Å². The summed E-state index contributed by atoms with van der Waals surface area (Å²) in [5.41, 5.74) is 6.25. The Morgan fingerprint density at radius 1 is 1.18 bits per heavy atom. The van der Waals surface area contributed by atoms with Gasteiger partial charge < -0.3 is 11.1 Å². The van der Waals surface area contributed by atoms with E-state index in [4.69, 9.17) is 5.73 Å². The summed E-state index contributed by atoms with van der Waals surface area (Å²) in [5, 5.41) is 2.59. The number of hydrogen-bond acceptors (Lipinski definition) is 2. The van der Waals surface area contributed by atoms with E-state index >= 15 is 0 Å². The number of nitrogens with two attached hydrogens (primary N) is 1. The number of anilines is 1. The summed E-state index contributed by atoms with van der Waals surface area (Å²) in [6.07, 6.45) is 4.88. The highest BCUT2D eigenvalue weighted by molar-refractivity contribution is 5.92. The Labute approximate surface area is 135 Å². The van der Waals surface area contributed by atoms with E-state index in [-0.39, 0.29) is 36.0 Å². The third-order valence-electron chi connectivity index (χ3n) is 4.97. The number of nitrogens with one attached hydrogen (secondary N) is 1. The van der Waals surface area contributed by atoms with Gasteiger partial charge in [-0.15, -0.1) is 12.4 Å². The second kappa shape index (κ2) is 6.92. The molecule has 2 atom stereocenters. The normalized spacial score (nSPS) is 30.3. The number of benzene rings is 1. The van der Waals surface area contributed by atoms with E-state index in [0.717, 1.165) is 37.8 Å². The van der Waals surface area contributed by atoms with E-state index in [9.17, 15) is 13.6 Å². The summed E-state index contributed by atoms with van der Waals surface area (Å²) in [4.78, 5) is 12.3. The van der Waals surface area contributed by atoms with Crippen LogP contribution in [-0.2, 0) is 4.79 Å². The van der Waals surface area contributed by atoms with Crippen LogP contribution in [0.25, 0.3) is 0 Å². The fraction of sp³-hybridized carbons (Fsp3) is 0.562. The lowest BCUT2D eigenvalue weighted by molar-refractivity contribution is -0.122. The lowest BCUT2D eigenvalue weighted by Crippen LogP contribution is -2.48. The van der Waals surface area contributed by atoms with Crippen molar-refractivity contribution in [2.75, 3.05) is 5.32 Å². The van der Waals surface area contributed by atoms with Crippen molar-refractivity contribution in [1.82, 2.24) is 0 Å². The quantitative estimate of drug-likeness (QED) is 0.872. The van der Waals surface area contributed by atoms with Gasteiger partial charge in [0.1, 0.15) is 11.6 Å². The van der Waals surface area contributed by atoms with Gasteiger partial charge in [0, 0.05) is 18.0 Å². The van der Waals surface area contributed by atoms with Crippen LogP contribution in [0.3, 0.4) is 0 Å². The average Bonchev–Trinajstić information content (AvgIpc) is 2.41. The number of carbonyl (C=O) groups excluding carboxylic acids is 1. The Balaban J connectivity index is 0.00000176. The van der Waals surface area contributed by atoms with Gasteiger partial charge in [0.2, 0.25) is 5.91 Å². The van der Waals surface area contributed by atoms with E-state index in [1.807, 2.05) is 0 Å². The molecule has 0 radical (unpaired) electrons. The molecule has 3 N–H and O–H groups in total. The summed E-state index contributed by atoms with van der Waals surface area (Å²) in [6.45, 7) is 0. The van der Waals surface area contributed by atoms with Gasteiger partial charge in [0.05, 0.1) is 5.69 Å². The number of amides is 1. The maximum Gasteiger partial charge on any atom is 0.227 e. The van der Waals surface area contributed by atoms with Crippen molar-refractivity contribution in [3.63, 3.8) is 0 Å². The Morgan fingerprint density at radius 3 is 2.41 bits per heavy atom. The maximum atomic E-state index is 13.6. The van der Waals surface area contributed by atoms with Crippen LogP contribution >= 0.6 is 12.4 Å². The molecule has 0 aromatic heterocycles. The monoisotopic (exact) mass is 330 g/mol. The lowest BCUT2D eigenvalue weighted by Gasteiger charge is -2.43. The molecule has 2 aliphatic rings. The Bertz CT molecular complexity index is 541. The molecule has 2 aliphatic carbocycles. The topological polar surface area (TPSA) is 55.1 Å². The first kappa shape index (κ1) is 17.2. The molecule has 3 rings (SSSR count). The number of carbonyl (C=O) groups is 1. The van der Waals surface area contributed by atoms with Gasteiger partial charge in [-0.25, -0.2) is 8.78 Å². The zero-order chi connectivity index (χ0) is 15.0. The molecule has 0 saturated heterocycles. The molecule has 0 heterocycles. The fourth-order valence-electron chi connectivity index (χ4n) is 3.83. The molecule has 0 aliphatic heterocycles. The van der Waals surface area contributed by atoms with Gasteiger partial charge in [-0.2, -0.15) is 0 Å². The van der Waals surface area contributed by atoms with Crippen LogP contribution in [0.1, 0.15) is 32.1 Å². The predicted molar refractivity (Wildman–Crippen MR) is 83.8 cm³/mol. The Kier molecular flexibility index (Phi) is 5.40. The van der Waals surface area contributed by atoms with E-state index in [0.29, 0.717) is 11.8 Å². The van der Waals surface area contributed by atoms with E-state index in [1.54, 1.807) is 0 Å². The van der Waals surface area contributed by atoms with E-state index in [1.165, 1.54) is 12.5 Å². The first-order valence-electron chi connectivity index (χ1n) is 7.56. The standard InChI is InChI=1S/C16H20F2N2O.ClH/c17-12-4-5-14(13(18)8-12)20-16(21)11-6-9-2-1-3-10(7-11)15(9)19;/h4-5,8-11,15H,1-3,6-7,19H2,(H,20,21);1H. The van der Waals surface area contributed by atoms with Crippen molar-refractivity contribution in [1.29, 1.82) is 0 Å². The minimum Gasteiger partial charge on any atom is -0.327 e. The van der Waals surface area contributed by atoms with Crippen LogP contribution in [0.4, 0.5) is 14.5 Å². The highest BCUT2D eigenvalue weighted by atomic mass is 35.5. The van der Waals surface area contributed by atoms with Crippen LogP contribution in [0.15, 0.2) is 18.2 Å². The Hall–Kier alpha value is -1.20. The number of halogens is 3. The summed E-state index contributed by atoms with van der Waals surface area (Å²) in [6, 6.07) is 3.38. The summed E-state index contributed by atoms with van der Waals surface area (Å²) in [7, 11) is 0. The van der Waals surface area contributed by atoms with Gasteiger partial charge in [-0.3, -0.25) is 4.79 Å². The third kappa shape index (κ3) is 3.41. The van der Waals surface area contributed by atoms with Gasteiger partial charge in [0.15, 0.2) is 0 Å². The molecule has 22 heavy (non-hydrogen) atoms. The van der Waals surface area contributed by atoms with Crippen molar-refractivity contribution in [3.8, 4) is 0 Å². The number of fused-ring (bicyclic) bond motifs is 2. The molecule has 1 aromatic carbocycles. The van der Waals surface area contributed by atoms with Crippen molar-refractivity contribution in [2.45, 2.75) is 38.1 Å². The molecule has 0 spiro atoms. The second-order valence-electron chi connectivity index (χ2n) is 6.31. The van der Waals surface area contributed by atoms with Gasteiger partial charge >= 0.3 is 0 Å². The maximum absolute atomic E-state index is 13.6. The summed E-state index contributed by atoms with van der Waals surface area (Å²) >= 11 is 0. The highest BCUT2D eigenvalue weighted by Gasteiger charge is 2.40.